The quantitative estimate of drug-likeness (QED) is 0.511. The molecule has 11 heavy (non-hydrogen) atoms. The molecule has 60 valence electrons. The normalized spacial score (nSPS) is 10.2. The molecule has 1 nitrogen and oxygen atoms in total. The molecule has 0 aliphatic heterocycles. The molecule has 0 aliphatic rings. The maximum Gasteiger partial charge on any atom is 0.133 e. The largest absolute Gasteiger partial charge is 0.244 e. The summed E-state index contributed by atoms with van der Waals surface area (Å²) in [5, 5.41) is 1.05. The van der Waals surface area contributed by atoms with E-state index in [1.54, 1.807) is 6.20 Å². The van der Waals surface area contributed by atoms with Crippen molar-refractivity contribution in [3.05, 3.63) is 27.5 Å². The Bertz CT molecular complexity index is 273. The van der Waals surface area contributed by atoms with Gasteiger partial charge in [-0.25, -0.2) is 4.98 Å². The lowest BCUT2D eigenvalue weighted by atomic mass is 10.2. The zero-order valence-corrected chi connectivity index (χ0v) is 8.13. The van der Waals surface area contributed by atoms with E-state index in [0.717, 1.165) is 11.1 Å². The van der Waals surface area contributed by atoms with Gasteiger partial charge in [0, 0.05) is 17.3 Å². The van der Waals surface area contributed by atoms with Crippen molar-refractivity contribution in [2.24, 2.45) is 0 Å². The van der Waals surface area contributed by atoms with Crippen molar-refractivity contribution in [1.29, 1.82) is 0 Å². The van der Waals surface area contributed by atoms with Gasteiger partial charge >= 0.3 is 0 Å². The first-order chi connectivity index (χ1) is 5.16. The van der Waals surface area contributed by atoms with E-state index in [0.29, 0.717) is 16.1 Å². The molecule has 0 atom stereocenters. The van der Waals surface area contributed by atoms with Crippen LogP contribution >= 0.6 is 34.8 Å². The predicted octanol–water partition coefficient (Wildman–Crippen LogP) is 3.44. The second-order valence-electron chi connectivity index (χ2n) is 2.15. The molecule has 1 aromatic rings. The van der Waals surface area contributed by atoms with Crippen LogP contribution in [0.1, 0.15) is 11.1 Å². The molecular formula is C7H6Cl3N. The van der Waals surface area contributed by atoms with E-state index in [9.17, 15) is 0 Å². The number of hydrogen-bond acceptors (Lipinski definition) is 1. The number of alkyl halides is 1. The summed E-state index contributed by atoms with van der Waals surface area (Å²) in [7, 11) is 0. The molecule has 1 rings (SSSR count). The van der Waals surface area contributed by atoms with Crippen LogP contribution in [0.2, 0.25) is 10.2 Å². The Labute approximate surface area is 80.3 Å². The molecule has 0 aromatic carbocycles. The fraction of sp³-hybridized carbons (Fsp3) is 0.286. The third-order valence-corrected chi connectivity index (χ3v) is 2.59. The van der Waals surface area contributed by atoms with Gasteiger partial charge in [-0.05, 0) is 6.92 Å². The highest BCUT2D eigenvalue weighted by Gasteiger charge is 2.06. The van der Waals surface area contributed by atoms with E-state index >= 15 is 0 Å². The lowest BCUT2D eigenvalue weighted by molar-refractivity contribution is 1.20. The topological polar surface area (TPSA) is 12.9 Å². The van der Waals surface area contributed by atoms with Gasteiger partial charge in [-0.2, -0.15) is 0 Å². The molecule has 1 heterocycles. The van der Waals surface area contributed by atoms with Gasteiger partial charge in [0.05, 0.1) is 10.9 Å². The molecule has 0 spiro atoms. The summed E-state index contributed by atoms with van der Waals surface area (Å²) in [6.07, 6.45) is 1.59. The zero-order chi connectivity index (χ0) is 8.43. The second kappa shape index (κ2) is 3.61. The van der Waals surface area contributed by atoms with Crippen LogP contribution < -0.4 is 0 Å². The van der Waals surface area contributed by atoms with E-state index in [1.807, 2.05) is 6.92 Å². The van der Waals surface area contributed by atoms with Gasteiger partial charge in [0.15, 0.2) is 0 Å². The molecule has 4 heteroatoms. The van der Waals surface area contributed by atoms with Crippen LogP contribution in [0.3, 0.4) is 0 Å². The number of nitrogens with zero attached hydrogens (tertiary/aromatic N) is 1. The Morgan fingerprint density at radius 2 is 2.09 bits per heavy atom. The minimum Gasteiger partial charge on any atom is -0.244 e. The van der Waals surface area contributed by atoms with Crippen molar-refractivity contribution in [1.82, 2.24) is 4.98 Å². The lowest BCUT2D eigenvalue weighted by Crippen LogP contribution is -1.88. The standard InChI is InChI=1S/C7H6Cl3N/c1-4-6(9)5(2-8)3-11-7(4)10/h3H,2H2,1H3. The predicted molar refractivity (Wildman–Crippen MR) is 48.6 cm³/mol. The van der Waals surface area contributed by atoms with E-state index in [-0.39, 0.29) is 0 Å². The molecule has 0 fully saturated rings. The smallest absolute Gasteiger partial charge is 0.133 e. The van der Waals surface area contributed by atoms with Crippen molar-refractivity contribution < 1.29 is 0 Å². The lowest BCUT2D eigenvalue weighted by Gasteiger charge is -2.03. The van der Waals surface area contributed by atoms with Gasteiger partial charge in [-0.3, -0.25) is 0 Å². The molecule has 0 radical (unpaired) electrons. The van der Waals surface area contributed by atoms with Crippen LogP contribution in [-0.4, -0.2) is 4.98 Å². The summed E-state index contributed by atoms with van der Waals surface area (Å²) < 4.78 is 0. The van der Waals surface area contributed by atoms with E-state index < -0.39 is 0 Å². The maximum atomic E-state index is 5.89. The first-order valence-electron chi connectivity index (χ1n) is 3.02. The average Bonchev–Trinajstić information content (AvgIpc) is 2.01. The monoisotopic (exact) mass is 209 g/mol. The molecule has 0 saturated heterocycles. The number of hydrogen-bond donors (Lipinski definition) is 0. The van der Waals surface area contributed by atoms with Crippen LogP contribution in [-0.2, 0) is 5.88 Å². The number of halogens is 3. The van der Waals surface area contributed by atoms with Gasteiger partial charge in [0.1, 0.15) is 5.15 Å². The van der Waals surface area contributed by atoms with Gasteiger partial charge in [0.25, 0.3) is 0 Å². The summed E-state index contributed by atoms with van der Waals surface area (Å²) in [5.74, 6) is 0.365. The average molecular weight is 210 g/mol. The molecular weight excluding hydrogens is 204 g/mol. The minimum atomic E-state index is 0.365. The summed E-state index contributed by atoms with van der Waals surface area (Å²) >= 11 is 17.2. The molecule has 0 unspecified atom stereocenters. The van der Waals surface area contributed by atoms with Gasteiger partial charge in [-0.15, -0.1) is 11.6 Å². The van der Waals surface area contributed by atoms with Gasteiger partial charge < -0.3 is 0 Å². The van der Waals surface area contributed by atoms with Crippen LogP contribution in [0.15, 0.2) is 6.20 Å². The Balaban J connectivity index is 3.25. The highest BCUT2D eigenvalue weighted by molar-refractivity contribution is 6.36. The van der Waals surface area contributed by atoms with Crippen molar-refractivity contribution in [2.45, 2.75) is 12.8 Å². The Kier molecular flexibility index (Phi) is 2.99. The summed E-state index contributed by atoms with van der Waals surface area (Å²) in [4.78, 5) is 3.91. The molecule has 0 bridgehead atoms. The first kappa shape index (κ1) is 9.11. The van der Waals surface area contributed by atoms with Crippen molar-refractivity contribution in [2.75, 3.05) is 0 Å². The summed E-state index contributed by atoms with van der Waals surface area (Å²) in [6.45, 7) is 1.81. The van der Waals surface area contributed by atoms with E-state index in [1.165, 1.54) is 0 Å². The fourth-order valence-corrected chi connectivity index (χ4v) is 1.38. The number of pyridine rings is 1. The maximum absolute atomic E-state index is 5.89. The third kappa shape index (κ3) is 1.78. The third-order valence-electron chi connectivity index (χ3n) is 1.40. The first-order valence-corrected chi connectivity index (χ1v) is 4.31. The second-order valence-corrected chi connectivity index (χ2v) is 3.15. The fourth-order valence-electron chi connectivity index (χ4n) is 0.713. The van der Waals surface area contributed by atoms with Crippen LogP contribution in [0, 0.1) is 6.92 Å². The minimum absolute atomic E-state index is 0.365. The van der Waals surface area contributed by atoms with E-state index in [2.05, 4.69) is 4.98 Å². The molecule has 0 N–H and O–H groups in total. The molecule has 0 amide bonds. The number of aromatic nitrogens is 1. The van der Waals surface area contributed by atoms with E-state index in [4.69, 9.17) is 34.8 Å². The molecule has 1 aromatic heterocycles. The molecule has 0 aliphatic carbocycles. The Morgan fingerprint density at radius 3 is 2.64 bits per heavy atom. The summed E-state index contributed by atoms with van der Waals surface area (Å²) in [5.41, 5.74) is 1.60. The van der Waals surface area contributed by atoms with Gasteiger partial charge in [0.2, 0.25) is 0 Å². The summed E-state index contributed by atoms with van der Waals surface area (Å²) in [6, 6.07) is 0. The number of rotatable bonds is 1. The zero-order valence-electron chi connectivity index (χ0n) is 5.87. The van der Waals surface area contributed by atoms with Crippen molar-refractivity contribution in [3.63, 3.8) is 0 Å². The van der Waals surface area contributed by atoms with Crippen LogP contribution in [0.5, 0.6) is 0 Å². The highest BCUT2D eigenvalue weighted by Crippen LogP contribution is 2.25. The van der Waals surface area contributed by atoms with Crippen molar-refractivity contribution in [3.8, 4) is 0 Å². The van der Waals surface area contributed by atoms with Crippen LogP contribution in [0.4, 0.5) is 0 Å². The molecule has 0 saturated carbocycles. The highest BCUT2D eigenvalue weighted by atomic mass is 35.5. The SMILES string of the molecule is Cc1c(Cl)ncc(CCl)c1Cl. The Hall–Kier alpha value is 0.0200. The van der Waals surface area contributed by atoms with Crippen molar-refractivity contribution >= 4 is 34.8 Å². The van der Waals surface area contributed by atoms with Crippen LogP contribution in [0.25, 0.3) is 0 Å². The van der Waals surface area contributed by atoms with Gasteiger partial charge in [-0.1, -0.05) is 23.2 Å². The Morgan fingerprint density at radius 1 is 1.45 bits per heavy atom.